The van der Waals surface area contributed by atoms with E-state index in [2.05, 4.69) is 13.8 Å². The Morgan fingerprint density at radius 1 is 0.810 bits per heavy atom. The zero-order valence-electron chi connectivity index (χ0n) is 13.2. The van der Waals surface area contributed by atoms with E-state index in [0.29, 0.717) is 0 Å². The third-order valence-electron chi connectivity index (χ3n) is 2.35. The molecule has 0 fully saturated rings. The van der Waals surface area contributed by atoms with Crippen molar-refractivity contribution in [2.24, 2.45) is 0 Å². The van der Waals surface area contributed by atoms with E-state index in [9.17, 15) is 0 Å². The molecule has 122 valence electrons. The van der Waals surface area contributed by atoms with Crippen molar-refractivity contribution in [1.29, 1.82) is 0 Å². The van der Waals surface area contributed by atoms with Crippen LogP contribution in [-0.2, 0) is 43.1 Å². The Morgan fingerprint density at radius 2 is 1.05 bits per heavy atom. The van der Waals surface area contributed by atoms with E-state index >= 15 is 0 Å². The Hall–Kier alpha value is 1.50. The first-order valence-corrected chi connectivity index (χ1v) is 7.80. The smallest absolute Gasteiger partial charge is 2.00 e. The van der Waals surface area contributed by atoms with Crippen molar-refractivity contribution in [3.05, 3.63) is 6.92 Å². The minimum Gasteiger partial charge on any atom is -2.00 e. The summed E-state index contributed by atoms with van der Waals surface area (Å²) in [6.45, 7) is 6.12. The molecule has 0 radical (unpaired) electrons. The molecule has 0 aromatic carbocycles. The van der Waals surface area contributed by atoms with Crippen LogP contribution in [0.25, 0.3) is 0 Å². The first kappa shape index (κ1) is 38.2. The van der Waals surface area contributed by atoms with Gasteiger partial charge in [0.1, 0.15) is 0 Å². The van der Waals surface area contributed by atoms with Gasteiger partial charge in [0, 0.05) is 0 Å². The van der Waals surface area contributed by atoms with E-state index in [-0.39, 0.29) is 62.2 Å². The summed E-state index contributed by atoms with van der Waals surface area (Å²) in [5, 5.41) is 0. The summed E-state index contributed by atoms with van der Waals surface area (Å²) in [4.78, 5) is 0. The molecule has 0 rings (SSSR count). The Balaban J connectivity index is -0.0000000552. The van der Waals surface area contributed by atoms with E-state index in [1.807, 2.05) is 0 Å². The third kappa shape index (κ3) is 74.1. The summed E-state index contributed by atoms with van der Waals surface area (Å²) in [5.41, 5.74) is 0. The molecule has 0 spiro atoms. The molecular formula is C12H27NaO6STi. The number of unbranched alkanes of at least 4 members (excludes halogenated alkanes) is 9. The van der Waals surface area contributed by atoms with E-state index in [1.165, 1.54) is 57.8 Å². The van der Waals surface area contributed by atoms with Crippen LogP contribution in [0.2, 0.25) is 0 Å². The molecule has 0 amide bonds. The van der Waals surface area contributed by atoms with E-state index in [0.717, 1.165) is 6.42 Å². The fraction of sp³-hybridized carbons (Fsp3) is 0.917. The maximum absolute atomic E-state index is 8.74. The van der Waals surface area contributed by atoms with Gasteiger partial charge in [0.2, 0.25) is 0 Å². The fourth-order valence-corrected chi connectivity index (χ4v) is 1.49. The molecule has 0 saturated carbocycles. The minimum atomic E-state index is -4.67. The molecule has 0 aromatic heterocycles. The molecule has 21 heavy (non-hydrogen) atoms. The zero-order valence-corrected chi connectivity index (χ0v) is 17.6. The summed E-state index contributed by atoms with van der Waals surface area (Å²) in [5.74, 6) is 0. The SMILES string of the molecule is O=S(=O)(O)O.[CH2-]CCCCCCCCCCC.[Na+].[O-2].[O-2].[Ti+4]. The van der Waals surface area contributed by atoms with Crippen LogP contribution in [0.4, 0.5) is 0 Å². The standard InChI is InChI=1S/C12H25.Na.H2O4S.2O.Ti/c1-3-5-7-9-11-12-10-8-6-4-2;;1-5(2,3)4;;;/h1,3-12H2,2H3;;(H2,1,2,3,4);;;/q-1;+1;;2*-2;+4. The Bertz CT molecular complexity index is 222. The average Bonchev–Trinajstić information content (AvgIpc) is 2.20. The van der Waals surface area contributed by atoms with Gasteiger partial charge in [-0.1, -0.05) is 64.7 Å². The van der Waals surface area contributed by atoms with Gasteiger partial charge >= 0.3 is 61.7 Å². The van der Waals surface area contributed by atoms with Gasteiger partial charge in [-0.05, 0) is 0 Å². The van der Waals surface area contributed by atoms with E-state index < -0.39 is 10.4 Å². The molecule has 0 saturated heterocycles. The second kappa shape index (κ2) is 29.5. The second-order valence-electron chi connectivity index (χ2n) is 4.13. The molecule has 2 N–H and O–H groups in total. The monoisotopic (exact) mass is 370 g/mol. The molecule has 0 aliphatic rings. The molecule has 0 aliphatic heterocycles. The minimum absolute atomic E-state index is 0. The van der Waals surface area contributed by atoms with Gasteiger partial charge in [0.15, 0.2) is 0 Å². The maximum Gasteiger partial charge on any atom is 4.00 e. The molecular weight excluding hydrogens is 343 g/mol. The van der Waals surface area contributed by atoms with Gasteiger partial charge in [-0.3, -0.25) is 9.11 Å². The van der Waals surface area contributed by atoms with Gasteiger partial charge in [0.05, 0.1) is 0 Å². The molecule has 0 atom stereocenters. The van der Waals surface area contributed by atoms with Gasteiger partial charge in [0.25, 0.3) is 0 Å². The van der Waals surface area contributed by atoms with E-state index in [4.69, 9.17) is 17.5 Å². The molecule has 6 nitrogen and oxygen atoms in total. The Kier molecular flexibility index (Phi) is 53.7. The molecule has 0 bridgehead atoms. The van der Waals surface area contributed by atoms with E-state index in [1.54, 1.807) is 0 Å². The van der Waals surface area contributed by atoms with Crippen LogP contribution in [-0.4, -0.2) is 17.5 Å². The molecule has 0 aromatic rings. The first-order chi connectivity index (χ1) is 7.91. The predicted octanol–water partition coefficient (Wildman–Crippen LogP) is 0.852. The zero-order chi connectivity index (χ0) is 13.6. The van der Waals surface area contributed by atoms with Gasteiger partial charge < -0.3 is 17.9 Å². The van der Waals surface area contributed by atoms with Crippen molar-refractivity contribution in [2.45, 2.75) is 71.1 Å². The van der Waals surface area contributed by atoms with Crippen LogP contribution < -0.4 is 29.6 Å². The van der Waals surface area contributed by atoms with Gasteiger partial charge in [-0.15, -0.1) is 0 Å². The van der Waals surface area contributed by atoms with Crippen LogP contribution in [0.5, 0.6) is 0 Å². The Morgan fingerprint density at radius 3 is 1.29 bits per heavy atom. The van der Waals surface area contributed by atoms with Crippen molar-refractivity contribution < 1.29 is 79.8 Å². The number of hydrogen-bond acceptors (Lipinski definition) is 2. The van der Waals surface area contributed by atoms with Crippen LogP contribution >= 0.6 is 0 Å². The molecule has 0 aliphatic carbocycles. The first-order valence-electron chi connectivity index (χ1n) is 6.41. The summed E-state index contributed by atoms with van der Waals surface area (Å²) in [6, 6.07) is 0. The van der Waals surface area contributed by atoms with Crippen molar-refractivity contribution in [3.8, 4) is 0 Å². The van der Waals surface area contributed by atoms with Crippen molar-refractivity contribution in [2.75, 3.05) is 0 Å². The topological polar surface area (TPSA) is 132 Å². The normalized spacial score (nSPS) is 8.76. The van der Waals surface area contributed by atoms with Gasteiger partial charge in [-0.25, -0.2) is 0 Å². The maximum atomic E-state index is 8.74. The van der Waals surface area contributed by atoms with Crippen LogP contribution in [0.1, 0.15) is 71.1 Å². The predicted molar refractivity (Wildman–Crippen MR) is 72.8 cm³/mol. The second-order valence-corrected chi connectivity index (χ2v) is 5.03. The molecule has 0 unspecified atom stereocenters. The van der Waals surface area contributed by atoms with Crippen LogP contribution in [0.15, 0.2) is 0 Å². The summed E-state index contributed by atoms with van der Waals surface area (Å²) in [7, 11) is -4.67. The number of rotatable bonds is 9. The summed E-state index contributed by atoms with van der Waals surface area (Å²) < 4.78 is 31.6. The fourth-order valence-electron chi connectivity index (χ4n) is 1.49. The summed E-state index contributed by atoms with van der Waals surface area (Å²) in [6.07, 6.45) is 13.9. The largest absolute Gasteiger partial charge is 4.00 e. The quantitative estimate of drug-likeness (QED) is 0.269. The van der Waals surface area contributed by atoms with Crippen LogP contribution in [0, 0.1) is 6.92 Å². The Labute approximate surface area is 167 Å². The molecule has 9 heteroatoms. The average molecular weight is 370 g/mol. The van der Waals surface area contributed by atoms with Crippen LogP contribution in [0.3, 0.4) is 0 Å². The number of hydrogen-bond donors (Lipinski definition) is 2. The summed E-state index contributed by atoms with van der Waals surface area (Å²) >= 11 is 0. The van der Waals surface area contributed by atoms with Crippen molar-refractivity contribution in [1.82, 2.24) is 0 Å². The molecule has 0 heterocycles. The van der Waals surface area contributed by atoms with Crippen molar-refractivity contribution >= 4 is 10.4 Å². The van der Waals surface area contributed by atoms with Crippen molar-refractivity contribution in [3.63, 3.8) is 0 Å². The third-order valence-corrected chi connectivity index (χ3v) is 2.35. The van der Waals surface area contributed by atoms with Gasteiger partial charge in [-0.2, -0.15) is 14.8 Å².